The Kier molecular flexibility index (Phi) is 5.01. The number of nitrogens with zero attached hydrogens (tertiary/aromatic N) is 1. The molecule has 0 bridgehead atoms. The number of hydrogen-bond donors (Lipinski definition) is 2. The second kappa shape index (κ2) is 6.08. The molecule has 0 aromatic carbocycles. The van der Waals surface area contributed by atoms with E-state index in [2.05, 4.69) is 5.32 Å². The van der Waals surface area contributed by atoms with Crippen LogP contribution in [0.4, 0.5) is 0 Å². The first-order chi connectivity index (χ1) is 8.39. The summed E-state index contributed by atoms with van der Waals surface area (Å²) in [5.41, 5.74) is -1.26. The monoisotopic (exact) mass is 274 g/mol. The summed E-state index contributed by atoms with van der Waals surface area (Å²) in [4.78, 5) is 35.7. The summed E-state index contributed by atoms with van der Waals surface area (Å²) >= 11 is 1.45. The van der Waals surface area contributed by atoms with Gasteiger partial charge < -0.3 is 15.3 Å². The molecule has 2 N–H and O–H groups in total. The maximum atomic E-state index is 11.8. The van der Waals surface area contributed by atoms with Gasteiger partial charge in [0.1, 0.15) is 12.1 Å². The lowest BCUT2D eigenvalue weighted by molar-refractivity contribution is -0.147. The lowest BCUT2D eigenvalue weighted by Gasteiger charge is -2.26. The highest BCUT2D eigenvalue weighted by molar-refractivity contribution is 8.00. The molecule has 7 heteroatoms. The molecule has 102 valence electrons. The van der Waals surface area contributed by atoms with Crippen molar-refractivity contribution >= 4 is 29.5 Å². The van der Waals surface area contributed by atoms with Crippen LogP contribution in [0.2, 0.25) is 0 Å². The van der Waals surface area contributed by atoms with Crippen LogP contribution in [0.5, 0.6) is 0 Å². The summed E-state index contributed by atoms with van der Waals surface area (Å²) in [7, 11) is 0. The zero-order chi connectivity index (χ0) is 13.8. The predicted octanol–water partition coefficient (Wildman–Crippen LogP) is 0.279. The predicted molar refractivity (Wildman–Crippen MR) is 68.1 cm³/mol. The number of carboxylic acids is 1. The van der Waals surface area contributed by atoms with Gasteiger partial charge >= 0.3 is 5.97 Å². The fraction of sp³-hybridized carbons (Fsp3) is 0.727. The normalized spacial score (nSPS) is 18.6. The van der Waals surface area contributed by atoms with Crippen molar-refractivity contribution in [2.45, 2.75) is 32.2 Å². The highest BCUT2D eigenvalue weighted by atomic mass is 32.2. The SMILES string of the molecule is CCCC(C)(NC(=O)CN1CSCC1=O)C(=O)O. The highest BCUT2D eigenvalue weighted by Crippen LogP contribution is 2.16. The van der Waals surface area contributed by atoms with Crippen molar-refractivity contribution in [3.63, 3.8) is 0 Å². The van der Waals surface area contributed by atoms with Gasteiger partial charge in [0.2, 0.25) is 11.8 Å². The van der Waals surface area contributed by atoms with E-state index in [0.29, 0.717) is 24.5 Å². The summed E-state index contributed by atoms with van der Waals surface area (Å²) in [5, 5.41) is 11.6. The average molecular weight is 274 g/mol. The average Bonchev–Trinajstić information content (AvgIpc) is 2.64. The van der Waals surface area contributed by atoms with Crippen LogP contribution in [0.1, 0.15) is 26.7 Å². The largest absolute Gasteiger partial charge is 0.480 e. The van der Waals surface area contributed by atoms with Crippen LogP contribution in [0.15, 0.2) is 0 Å². The van der Waals surface area contributed by atoms with E-state index in [-0.39, 0.29) is 12.5 Å². The van der Waals surface area contributed by atoms with Crippen molar-refractivity contribution in [2.75, 3.05) is 18.2 Å². The molecule has 0 radical (unpaired) electrons. The van der Waals surface area contributed by atoms with E-state index >= 15 is 0 Å². The molecule has 1 aliphatic rings. The van der Waals surface area contributed by atoms with Gasteiger partial charge in [-0.15, -0.1) is 11.8 Å². The van der Waals surface area contributed by atoms with E-state index in [1.165, 1.54) is 23.6 Å². The molecule has 18 heavy (non-hydrogen) atoms. The summed E-state index contributed by atoms with van der Waals surface area (Å²) in [6, 6.07) is 0. The molecule has 1 unspecified atom stereocenters. The molecule has 1 rings (SSSR count). The van der Waals surface area contributed by atoms with Gasteiger partial charge in [0.05, 0.1) is 11.6 Å². The molecule has 0 saturated carbocycles. The molecule has 0 aromatic heterocycles. The molecule has 1 fully saturated rings. The summed E-state index contributed by atoms with van der Waals surface area (Å²) < 4.78 is 0. The lowest BCUT2D eigenvalue weighted by Crippen LogP contribution is -2.54. The first kappa shape index (κ1) is 14.8. The Balaban J connectivity index is 2.56. The van der Waals surface area contributed by atoms with Crippen molar-refractivity contribution in [3.05, 3.63) is 0 Å². The standard InChI is InChI=1S/C11H18N2O4S/c1-3-4-11(2,10(16)17)12-8(14)5-13-7-18-6-9(13)15/h3-7H2,1-2H3,(H,12,14)(H,16,17). The quantitative estimate of drug-likeness (QED) is 0.726. The number of carbonyl (C=O) groups excluding carboxylic acids is 2. The number of hydrogen-bond acceptors (Lipinski definition) is 4. The zero-order valence-corrected chi connectivity index (χ0v) is 11.4. The smallest absolute Gasteiger partial charge is 0.329 e. The third kappa shape index (κ3) is 3.63. The minimum absolute atomic E-state index is 0.0710. The molecule has 1 heterocycles. The van der Waals surface area contributed by atoms with Crippen LogP contribution >= 0.6 is 11.8 Å². The van der Waals surface area contributed by atoms with E-state index in [4.69, 9.17) is 5.11 Å². The molecule has 2 amide bonds. The molecule has 0 spiro atoms. The molecule has 0 aliphatic carbocycles. The van der Waals surface area contributed by atoms with Crippen molar-refractivity contribution in [3.8, 4) is 0 Å². The number of rotatable bonds is 6. The van der Waals surface area contributed by atoms with Gasteiger partial charge in [0.25, 0.3) is 0 Å². The Morgan fingerprint density at radius 2 is 2.22 bits per heavy atom. The fourth-order valence-corrected chi connectivity index (χ4v) is 2.69. The Morgan fingerprint density at radius 3 is 2.67 bits per heavy atom. The number of carbonyl (C=O) groups is 3. The van der Waals surface area contributed by atoms with E-state index in [0.717, 1.165) is 0 Å². The number of thioether (sulfide) groups is 1. The topological polar surface area (TPSA) is 86.7 Å². The summed E-state index contributed by atoms with van der Waals surface area (Å²) in [6.07, 6.45) is 1.01. The highest BCUT2D eigenvalue weighted by Gasteiger charge is 2.34. The maximum Gasteiger partial charge on any atom is 0.329 e. The Bertz CT molecular complexity index is 361. The minimum atomic E-state index is -1.26. The van der Waals surface area contributed by atoms with Gasteiger partial charge in [0.15, 0.2) is 0 Å². The van der Waals surface area contributed by atoms with Crippen molar-refractivity contribution in [2.24, 2.45) is 0 Å². The summed E-state index contributed by atoms with van der Waals surface area (Å²) in [6.45, 7) is 3.27. The fourth-order valence-electron chi connectivity index (χ4n) is 1.78. The van der Waals surface area contributed by atoms with Crippen LogP contribution in [0, 0.1) is 0 Å². The van der Waals surface area contributed by atoms with Gasteiger partial charge in [-0.25, -0.2) is 4.79 Å². The number of aliphatic carboxylic acids is 1. The molecule has 1 atom stereocenters. The Morgan fingerprint density at radius 1 is 1.56 bits per heavy atom. The lowest BCUT2D eigenvalue weighted by atomic mass is 9.96. The maximum absolute atomic E-state index is 11.8. The molecule has 1 aliphatic heterocycles. The number of amides is 2. The van der Waals surface area contributed by atoms with Gasteiger partial charge in [0, 0.05) is 0 Å². The van der Waals surface area contributed by atoms with Gasteiger partial charge in [-0.1, -0.05) is 13.3 Å². The van der Waals surface area contributed by atoms with E-state index in [1.54, 1.807) is 0 Å². The number of nitrogens with one attached hydrogen (secondary N) is 1. The van der Waals surface area contributed by atoms with E-state index in [9.17, 15) is 14.4 Å². The van der Waals surface area contributed by atoms with Gasteiger partial charge in [-0.3, -0.25) is 9.59 Å². The first-order valence-electron chi connectivity index (χ1n) is 5.79. The van der Waals surface area contributed by atoms with E-state index in [1.807, 2.05) is 6.92 Å². The van der Waals surface area contributed by atoms with Crippen LogP contribution < -0.4 is 5.32 Å². The minimum Gasteiger partial charge on any atom is -0.480 e. The van der Waals surface area contributed by atoms with Crippen molar-refractivity contribution in [1.29, 1.82) is 0 Å². The first-order valence-corrected chi connectivity index (χ1v) is 6.94. The number of carboxylic acid groups (broad SMARTS) is 1. The molecular formula is C11H18N2O4S. The van der Waals surface area contributed by atoms with Crippen molar-refractivity contribution in [1.82, 2.24) is 10.2 Å². The third-order valence-corrected chi connectivity index (χ3v) is 3.74. The van der Waals surface area contributed by atoms with Crippen LogP contribution in [-0.4, -0.2) is 51.5 Å². The second-order valence-electron chi connectivity index (χ2n) is 4.50. The second-order valence-corrected chi connectivity index (χ2v) is 5.46. The third-order valence-electron chi connectivity index (χ3n) is 2.80. The van der Waals surface area contributed by atoms with Gasteiger partial charge in [-0.2, -0.15) is 0 Å². The van der Waals surface area contributed by atoms with Crippen molar-refractivity contribution < 1.29 is 19.5 Å². The van der Waals surface area contributed by atoms with Crippen LogP contribution in [0.25, 0.3) is 0 Å². The summed E-state index contributed by atoms with van der Waals surface area (Å²) in [5.74, 6) is -0.686. The van der Waals surface area contributed by atoms with E-state index < -0.39 is 17.4 Å². The molecule has 6 nitrogen and oxygen atoms in total. The van der Waals surface area contributed by atoms with Crippen LogP contribution in [-0.2, 0) is 14.4 Å². The van der Waals surface area contributed by atoms with Crippen LogP contribution in [0.3, 0.4) is 0 Å². The Labute approximate surface area is 110 Å². The zero-order valence-electron chi connectivity index (χ0n) is 10.6. The molecule has 0 aromatic rings. The molecule has 1 saturated heterocycles. The van der Waals surface area contributed by atoms with Gasteiger partial charge in [-0.05, 0) is 13.3 Å². The molecular weight excluding hydrogens is 256 g/mol. The Hall–Kier alpha value is -1.24.